The molecule has 0 bridgehead atoms. The van der Waals surface area contributed by atoms with E-state index in [0.717, 1.165) is 25.8 Å². The number of nitrogens with zero attached hydrogens (tertiary/aromatic N) is 2. The highest BCUT2D eigenvalue weighted by Crippen LogP contribution is 2.13. The molecule has 0 radical (unpaired) electrons. The van der Waals surface area contributed by atoms with Crippen LogP contribution < -0.4 is 4.72 Å². The summed E-state index contributed by atoms with van der Waals surface area (Å²) in [4.78, 5) is 4.30. The van der Waals surface area contributed by atoms with Gasteiger partial charge in [-0.05, 0) is 37.0 Å². The Bertz CT molecular complexity index is 680. The lowest BCUT2D eigenvalue weighted by molar-refractivity contribution is 0.569. The number of nitrogens with one attached hydrogen (secondary N) is 1. The normalized spacial score (nSPS) is 11.7. The van der Waals surface area contributed by atoms with Crippen LogP contribution in [0.3, 0.4) is 0 Å². The van der Waals surface area contributed by atoms with Crippen LogP contribution in [-0.4, -0.2) is 24.5 Å². The van der Waals surface area contributed by atoms with E-state index in [1.165, 1.54) is 24.8 Å². The van der Waals surface area contributed by atoms with Gasteiger partial charge >= 0.3 is 0 Å². The van der Waals surface area contributed by atoms with Gasteiger partial charge in [-0.1, -0.05) is 38.3 Å². The topological polar surface area (TPSA) is 64.0 Å². The molecule has 0 fully saturated rings. The molecule has 0 unspecified atom stereocenters. The summed E-state index contributed by atoms with van der Waals surface area (Å²) in [7, 11) is -3.42. The molecule has 5 nitrogen and oxygen atoms in total. The minimum Gasteiger partial charge on any atom is -0.337 e. The smallest absolute Gasteiger partial charge is 0.240 e. The lowest BCUT2D eigenvalue weighted by atomic mass is 10.1. The quantitative estimate of drug-likeness (QED) is 0.633. The second-order valence-electron chi connectivity index (χ2n) is 6.01. The molecule has 0 saturated heterocycles. The van der Waals surface area contributed by atoms with Crippen LogP contribution >= 0.6 is 0 Å². The Labute approximate surface area is 145 Å². The summed E-state index contributed by atoms with van der Waals surface area (Å²) in [6, 6.07) is 7.25. The van der Waals surface area contributed by atoms with Crippen LogP contribution in [0.2, 0.25) is 0 Å². The number of rotatable bonds is 11. The van der Waals surface area contributed by atoms with Crippen molar-refractivity contribution in [1.29, 1.82) is 0 Å². The van der Waals surface area contributed by atoms with Crippen molar-refractivity contribution in [2.45, 2.75) is 56.9 Å². The number of sulfonamides is 1. The van der Waals surface area contributed by atoms with Crippen LogP contribution in [0.5, 0.6) is 0 Å². The molecule has 0 amide bonds. The number of hydrogen-bond acceptors (Lipinski definition) is 3. The molecule has 0 spiro atoms. The highest BCUT2D eigenvalue weighted by molar-refractivity contribution is 7.89. The Morgan fingerprint density at radius 1 is 1.08 bits per heavy atom. The molecule has 1 heterocycles. The van der Waals surface area contributed by atoms with Crippen LogP contribution in [0.25, 0.3) is 0 Å². The predicted molar refractivity (Wildman–Crippen MR) is 96.3 cm³/mol. The Balaban J connectivity index is 1.78. The van der Waals surface area contributed by atoms with Crippen LogP contribution in [0.1, 0.15) is 44.6 Å². The highest BCUT2D eigenvalue weighted by Gasteiger charge is 2.12. The fourth-order valence-corrected chi connectivity index (χ4v) is 3.64. The van der Waals surface area contributed by atoms with Crippen LogP contribution in [0, 0.1) is 0 Å². The van der Waals surface area contributed by atoms with Gasteiger partial charge in [-0.3, -0.25) is 0 Å². The van der Waals surface area contributed by atoms with E-state index in [-0.39, 0.29) is 0 Å². The Morgan fingerprint density at radius 3 is 2.54 bits per heavy atom. The first-order valence-corrected chi connectivity index (χ1v) is 10.1. The number of unbranched alkanes of at least 4 members (excludes halogenated alkanes) is 3. The van der Waals surface area contributed by atoms with Crippen molar-refractivity contribution >= 4 is 10.0 Å². The first kappa shape index (κ1) is 18.7. The van der Waals surface area contributed by atoms with E-state index in [9.17, 15) is 8.42 Å². The predicted octanol–water partition coefficient (Wildman–Crippen LogP) is 3.37. The van der Waals surface area contributed by atoms with Gasteiger partial charge in [0.25, 0.3) is 0 Å². The fraction of sp³-hybridized carbons (Fsp3) is 0.500. The third-order valence-electron chi connectivity index (χ3n) is 4.00. The van der Waals surface area contributed by atoms with Crippen LogP contribution in [0.15, 0.2) is 47.9 Å². The van der Waals surface area contributed by atoms with Crippen LogP contribution in [0.4, 0.5) is 0 Å². The first-order valence-electron chi connectivity index (χ1n) is 8.66. The van der Waals surface area contributed by atoms with Crippen molar-refractivity contribution in [3.05, 3.63) is 48.5 Å². The minimum absolute atomic E-state index is 0.336. The molecule has 0 aliphatic heterocycles. The standard InChI is InChI=1S/C18H27N3O2S/c1-2-3-4-5-7-17-8-10-18(11-9-17)24(22,23)20-12-6-14-21-15-13-19-16-21/h8-11,13,15-16,20H,2-7,12,14H2,1H3. The number of hydrogen-bond donors (Lipinski definition) is 1. The van der Waals surface area contributed by atoms with E-state index in [2.05, 4.69) is 16.6 Å². The third-order valence-corrected chi connectivity index (χ3v) is 5.47. The Hall–Kier alpha value is -1.66. The van der Waals surface area contributed by atoms with Gasteiger partial charge in [0, 0.05) is 25.5 Å². The maximum absolute atomic E-state index is 12.3. The van der Waals surface area contributed by atoms with Gasteiger partial charge in [-0.2, -0.15) is 0 Å². The average Bonchev–Trinajstić information content (AvgIpc) is 3.10. The van der Waals surface area contributed by atoms with E-state index < -0.39 is 10.0 Å². The summed E-state index contributed by atoms with van der Waals surface area (Å²) in [5.41, 5.74) is 1.20. The number of aryl methyl sites for hydroxylation is 2. The molecule has 6 heteroatoms. The molecule has 1 aromatic heterocycles. The van der Waals surface area contributed by atoms with Crippen molar-refractivity contribution in [3.63, 3.8) is 0 Å². The Morgan fingerprint density at radius 2 is 1.88 bits per heavy atom. The molecule has 0 aliphatic rings. The lowest BCUT2D eigenvalue weighted by Crippen LogP contribution is -2.25. The van der Waals surface area contributed by atoms with Crippen molar-refractivity contribution < 1.29 is 8.42 Å². The monoisotopic (exact) mass is 349 g/mol. The summed E-state index contributed by atoms with van der Waals surface area (Å²) >= 11 is 0. The molecule has 2 rings (SSSR count). The SMILES string of the molecule is CCCCCCc1ccc(S(=O)(=O)NCCCn2ccnc2)cc1. The van der Waals surface area contributed by atoms with Gasteiger partial charge in [0.2, 0.25) is 10.0 Å². The van der Waals surface area contributed by atoms with Gasteiger partial charge in [0.05, 0.1) is 11.2 Å². The lowest BCUT2D eigenvalue weighted by Gasteiger charge is -2.08. The van der Waals surface area contributed by atoms with Crippen LogP contribution in [-0.2, 0) is 23.0 Å². The summed E-state index contributed by atoms with van der Waals surface area (Å²) in [6.07, 6.45) is 11.9. The van der Waals surface area contributed by atoms with Gasteiger partial charge in [-0.25, -0.2) is 18.1 Å². The third kappa shape index (κ3) is 6.09. The van der Waals surface area contributed by atoms with Gasteiger partial charge in [-0.15, -0.1) is 0 Å². The van der Waals surface area contributed by atoms with E-state index in [0.29, 0.717) is 11.4 Å². The first-order chi connectivity index (χ1) is 11.6. The molecular formula is C18H27N3O2S. The average molecular weight is 350 g/mol. The van der Waals surface area contributed by atoms with Gasteiger partial charge < -0.3 is 4.57 Å². The number of benzene rings is 1. The highest BCUT2D eigenvalue weighted by atomic mass is 32.2. The molecule has 2 aromatic rings. The fourth-order valence-electron chi connectivity index (χ4n) is 2.56. The molecule has 24 heavy (non-hydrogen) atoms. The molecule has 0 aliphatic carbocycles. The molecule has 1 aromatic carbocycles. The van der Waals surface area contributed by atoms with E-state index in [1.807, 2.05) is 22.9 Å². The largest absolute Gasteiger partial charge is 0.337 e. The summed E-state index contributed by atoms with van der Waals surface area (Å²) < 4.78 is 29.1. The van der Waals surface area contributed by atoms with Crippen molar-refractivity contribution in [3.8, 4) is 0 Å². The zero-order chi connectivity index (χ0) is 17.3. The molecule has 0 atom stereocenters. The Kier molecular flexibility index (Phi) is 7.46. The van der Waals surface area contributed by atoms with Gasteiger partial charge in [0.15, 0.2) is 0 Å². The summed E-state index contributed by atoms with van der Waals surface area (Å²) in [5.74, 6) is 0. The van der Waals surface area contributed by atoms with E-state index in [1.54, 1.807) is 24.7 Å². The van der Waals surface area contributed by atoms with Crippen molar-refractivity contribution in [2.75, 3.05) is 6.54 Å². The zero-order valence-electron chi connectivity index (χ0n) is 14.3. The molecular weight excluding hydrogens is 322 g/mol. The number of imidazole rings is 1. The molecule has 1 N–H and O–H groups in total. The summed E-state index contributed by atoms with van der Waals surface area (Å²) in [5, 5.41) is 0. The van der Waals surface area contributed by atoms with Crippen molar-refractivity contribution in [1.82, 2.24) is 14.3 Å². The van der Waals surface area contributed by atoms with Crippen molar-refractivity contribution in [2.24, 2.45) is 0 Å². The number of aromatic nitrogens is 2. The second kappa shape index (κ2) is 9.59. The second-order valence-corrected chi connectivity index (χ2v) is 7.77. The summed E-state index contributed by atoms with van der Waals surface area (Å²) in [6.45, 7) is 3.36. The molecule has 132 valence electrons. The van der Waals surface area contributed by atoms with E-state index >= 15 is 0 Å². The maximum atomic E-state index is 12.3. The minimum atomic E-state index is -3.42. The van der Waals surface area contributed by atoms with Gasteiger partial charge in [0.1, 0.15) is 0 Å². The zero-order valence-corrected chi connectivity index (χ0v) is 15.1. The molecule has 0 saturated carbocycles. The maximum Gasteiger partial charge on any atom is 0.240 e. The van der Waals surface area contributed by atoms with E-state index in [4.69, 9.17) is 0 Å².